The molecule has 12 N–H and O–H groups in total. The average molecular weight is 1010 g/mol. The zero-order valence-corrected chi connectivity index (χ0v) is 43.0. The van der Waals surface area contributed by atoms with E-state index < -0.39 is 107 Å². The van der Waals surface area contributed by atoms with Crippen molar-refractivity contribution in [2.75, 3.05) is 13.1 Å². The summed E-state index contributed by atoms with van der Waals surface area (Å²) in [5, 5.41) is 27.8. The SMILES string of the molecule is CC(C)C[C@H](N)C(=O)N[C@@H](CCC(=O)OC(C)(C)C)C(=O)NCC(=O)N[C@@H](CCC(=O)NC(c1ccccc1)(c1ccccc1)c1ccccc1)C(=O)N[C@@H](C)C(=O)N[C@@H](C)C(=O)N[C@@H](CCCCN)C(=O)O. The lowest BCUT2D eigenvalue weighted by Gasteiger charge is -2.37. The maximum atomic E-state index is 14.3. The van der Waals surface area contributed by atoms with Crippen LogP contribution >= 0.6 is 0 Å². The Hall–Kier alpha value is -7.19. The molecular formula is C53H75N9O11. The van der Waals surface area contributed by atoms with Crippen molar-refractivity contribution in [3.8, 4) is 0 Å². The van der Waals surface area contributed by atoms with Crippen LogP contribution in [0.2, 0.25) is 0 Å². The molecule has 0 aliphatic heterocycles. The van der Waals surface area contributed by atoms with Crippen molar-refractivity contribution in [2.45, 2.75) is 147 Å². The molecule has 6 atom stereocenters. The van der Waals surface area contributed by atoms with Crippen molar-refractivity contribution in [3.05, 3.63) is 108 Å². The van der Waals surface area contributed by atoms with Gasteiger partial charge in [-0.2, -0.15) is 0 Å². The van der Waals surface area contributed by atoms with Crippen LogP contribution in [0.25, 0.3) is 0 Å². The number of amides is 7. The molecular weight excluding hydrogens is 939 g/mol. The predicted molar refractivity (Wildman–Crippen MR) is 274 cm³/mol. The van der Waals surface area contributed by atoms with E-state index in [0.29, 0.717) is 25.8 Å². The smallest absolute Gasteiger partial charge is 0.326 e. The van der Waals surface area contributed by atoms with Gasteiger partial charge in [-0.15, -0.1) is 0 Å². The Balaban J connectivity index is 1.89. The first-order valence-electron chi connectivity index (χ1n) is 24.6. The molecule has 20 heteroatoms. The Kier molecular flexibility index (Phi) is 24.2. The molecule has 3 aromatic carbocycles. The van der Waals surface area contributed by atoms with Crippen molar-refractivity contribution < 1.29 is 53.0 Å². The number of carboxylic acids is 1. The lowest BCUT2D eigenvalue weighted by Crippen LogP contribution is -2.57. The average Bonchev–Trinajstić information content (AvgIpc) is 3.34. The Morgan fingerprint density at radius 2 is 1.03 bits per heavy atom. The van der Waals surface area contributed by atoms with Gasteiger partial charge < -0.3 is 58.5 Å². The van der Waals surface area contributed by atoms with Crippen molar-refractivity contribution in [1.82, 2.24) is 37.2 Å². The van der Waals surface area contributed by atoms with Gasteiger partial charge in [0.1, 0.15) is 41.3 Å². The summed E-state index contributed by atoms with van der Waals surface area (Å²) in [6.45, 7) is 11.1. The summed E-state index contributed by atoms with van der Waals surface area (Å²) < 4.78 is 5.37. The fraction of sp³-hybridized carbons (Fsp3) is 0.491. The van der Waals surface area contributed by atoms with Gasteiger partial charge in [-0.05, 0) is 102 Å². The number of nitrogens with one attached hydrogen (secondary N) is 7. The molecule has 0 bridgehead atoms. The third-order valence-corrected chi connectivity index (χ3v) is 11.5. The summed E-state index contributed by atoms with van der Waals surface area (Å²) in [6, 6.07) is 20.3. The van der Waals surface area contributed by atoms with Gasteiger partial charge in [-0.3, -0.25) is 38.4 Å². The van der Waals surface area contributed by atoms with Gasteiger partial charge in [0.25, 0.3) is 0 Å². The van der Waals surface area contributed by atoms with E-state index >= 15 is 0 Å². The minimum absolute atomic E-state index is 0.0524. The Bertz CT molecular complexity index is 2210. The highest BCUT2D eigenvalue weighted by atomic mass is 16.6. The Morgan fingerprint density at radius 3 is 1.51 bits per heavy atom. The highest BCUT2D eigenvalue weighted by Crippen LogP contribution is 2.37. The molecule has 0 saturated carbocycles. The minimum atomic E-state index is -1.49. The summed E-state index contributed by atoms with van der Waals surface area (Å²) in [6.07, 6.45) is 0.284. The lowest BCUT2D eigenvalue weighted by atomic mass is 9.77. The number of esters is 1. The summed E-state index contributed by atoms with van der Waals surface area (Å²) in [4.78, 5) is 120. The van der Waals surface area contributed by atoms with Crippen LogP contribution < -0.4 is 48.7 Å². The first kappa shape index (κ1) is 60.1. The number of ether oxygens (including phenoxy) is 1. The molecule has 0 spiro atoms. The molecule has 3 aromatic rings. The summed E-state index contributed by atoms with van der Waals surface area (Å²) in [5.74, 6) is -7.25. The van der Waals surface area contributed by atoms with Crippen LogP contribution in [0.15, 0.2) is 91.0 Å². The van der Waals surface area contributed by atoms with E-state index in [-0.39, 0.29) is 38.0 Å². The number of carbonyl (C=O) groups is 9. The highest BCUT2D eigenvalue weighted by Gasteiger charge is 2.38. The molecule has 0 aliphatic carbocycles. The normalized spacial score (nSPS) is 13.9. The van der Waals surface area contributed by atoms with Crippen LogP contribution in [-0.4, -0.2) is 113 Å². The third kappa shape index (κ3) is 20.1. The standard InChI is InChI=1S/C53H75N9O11/c1-33(2)31-39(55)48(68)60-40(27-29-45(65)73-52(5,6)7)49(69)56-32-44(64)59-41(50(70)58-34(3)46(66)57-35(4)47(67)61-42(51(71)72)25-17-18-30-54)26-28-43(63)62-53(36-19-11-8-12-20-36,37-21-13-9-14-22-37)38-23-15-10-16-24-38/h8-16,19-24,33-35,39-42H,17-18,25-32,54-55H2,1-7H3,(H,56,69)(H,57,66)(H,58,70)(H,59,64)(H,60,68)(H,61,67)(H,62,63)(H,71,72)/t34-,35-,39-,40-,41-,42-/m0/s1. The van der Waals surface area contributed by atoms with Crippen molar-refractivity contribution in [2.24, 2.45) is 17.4 Å². The number of nitrogens with two attached hydrogens (primary N) is 2. The first-order chi connectivity index (χ1) is 34.5. The van der Waals surface area contributed by atoms with E-state index in [4.69, 9.17) is 16.2 Å². The van der Waals surface area contributed by atoms with Crippen LogP contribution in [-0.2, 0) is 53.4 Å². The predicted octanol–water partition coefficient (Wildman–Crippen LogP) is 2.16. The molecule has 0 aliphatic rings. The molecule has 7 amide bonds. The zero-order valence-electron chi connectivity index (χ0n) is 43.0. The van der Waals surface area contributed by atoms with Crippen molar-refractivity contribution in [1.29, 1.82) is 0 Å². The second-order valence-corrected chi connectivity index (χ2v) is 19.3. The number of carboxylic acid groups (broad SMARTS) is 1. The number of hydrogen-bond acceptors (Lipinski definition) is 12. The fourth-order valence-corrected chi connectivity index (χ4v) is 7.78. The van der Waals surface area contributed by atoms with Gasteiger partial charge in [0.2, 0.25) is 41.4 Å². The van der Waals surface area contributed by atoms with Gasteiger partial charge >= 0.3 is 11.9 Å². The van der Waals surface area contributed by atoms with Gasteiger partial charge in [-0.25, -0.2) is 4.79 Å². The topological polar surface area (TPSA) is 319 Å². The maximum absolute atomic E-state index is 14.3. The molecule has 3 rings (SSSR count). The lowest BCUT2D eigenvalue weighted by molar-refractivity contribution is -0.155. The largest absolute Gasteiger partial charge is 0.480 e. The monoisotopic (exact) mass is 1010 g/mol. The van der Waals surface area contributed by atoms with Gasteiger partial charge in [0.05, 0.1) is 12.6 Å². The molecule has 0 unspecified atom stereocenters. The van der Waals surface area contributed by atoms with E-state index in [1.807, 2.05) is 105 Å². The molecule has 0 heterocycles. The van der Waals surface area contributed by atoms with E-state index in [9.17, 15) is 48.3 Å². The van der Waals surface area contributed by atoms with E-state index in [2.05, 4.69) is 37.2 Å². The van der Waals surface area contributed by atoms with E-state index in [1.165, 1.54) is 13.8 Å². The number of benzene rings is 3. The van der Waals surface area contributed by atoms with Crippen molar-refractivity contribution >= 4 is 53.3 Å². The second-order valence-electron chi connectivity index (χ2n) is 19.3. The minimum Gasteiger partial charge on any atom is -0.480 e. The van der Waals surface area contributed by atoms with Gasteiger partial charge in [-0.1, -0.05) is 105 Å². The zero-order chi connectivity index (χ0) is 54.3. The molecule has 20 nitrogen and oxygen atoms in total. The summed E-state index contributed by atoms with van der Waals surface area (Å²) >= 11 is 0. The quantitative estimate of drug-likeness (QED) is 0.0271. The maximum Gasteiger partial charge on any atom is 0.326 e. The number of rotatable bonds is 29. The molecule has 73 heavy (non-hydrogen) atoms. The van der Waals surface area contributed by atoms with E-state index in [0.717, 1.165) is 16.7 Å². The molecule has 0 saturated heterocycles. The second kappa shape index (κ2) is 29.4. The number of carbonyl (C=O) groups excluding carboxylic acids is 8. The first-order valence-corrected chi connectivity index (χ1v) is 24.6. The van der Waals surface area contributed by atoms with E-state index in [1.54, 1.807) is 20.8 Å². The van der Waals surface area contributed by atoms with Crippen LogP contribution in [0.1, 0.15) is 117 Å². The summed E-state index contributed by atoms with van der Waals surface area (Å²) in [7, 11) is 0. The van der Waals surface area contributed by atoms with Crippen LogP contribution in [0, 0.1) is 5.92 Å². The van der Waals surface area contributed by atoms with Crippen molar-refractivity contribution in [3.63, 3.8) is 0 Å². The number of unbranched alkanes of at least 4 members (excludes halogenated alkanes) is 1. The Labute approximate surface area is 427 Å². The number of aliphatic carboxylic acids is 1. The Morgan fingerprint density at radius 1 is 0.562 bits per heavy atom. The molecule has 398 valence electrons. The van der Waals surface area contributed by atoms with Crippen LogP contribution in [0.4, 0.5) is 0 Å². The van der Waals surface area contributed by atoms with Crippen LogP contribution in [0.5, 0.6) is 0 Å². The molecule has 0 aromatic heterocycles. The molecule has 0 fully saturated rings. The fourth-order valence-electron chi connectivity index (χ4n) is 7.78. The van der Waals surface area contributed by atoms with Crippen LogP contribution in [0.3, 0.4) is 0 Å². The summed E-state index contributed by atoms with van der Waals surface area (Å²) in [5.41, 5.74) is 11.8. The van der Waals surface area contributed by atoms with Gasteiger partial charge in [0.15, 0.2) is 0 Å². The third-order valence-electron chi connectivity index (χ3n) is 11.5. The van der Waals surface area contributed by atoms with Gasteiger partial charge in [0, 0.05) is 12.8 Å². The highest BCUT2D eigenvalue weighted by molar-refractivity contribution is 5.96. The molecule has 0 radical (unpaired) electrons. The number of hydrogen-bond donors (Lipinski definition) is 10.